The van der Waals surface area contributed by atoms with Gasteiger partial charge in [0.2, 0.25) is 0 Å². The third kappa shape index (κ3) is 2.57. The summed E-state index contributed by atoms with van der Waals surface area (Å²) in [6, 6.07) is 4.04. The molecule has 3 heterocycles. The van der Waals surface area contributed by atoms with Crippen LogP contribution < -0.4 is 0 Å². The second-order valence-corrected chi connectivity index (χ2v) is 5.72. The van der Waals surface area contributed by atoms with Crippen LogP contribution in [0, 0.1) is 5.92 Å². The molecule has 0 spiro atoms. The van der Waals surface area contributed by atoms with Crippen LogP contribution in [0.5, 0.6) is 0 Å². The van der Waals surface area contributed by atoms with Crippen molar-refractivity contribution in [2.75, 3.05) is 19.6 Å². The second kappa shape index (κ2) is 5.92. The zero-order valence-corrected chi connectivity index (χ0v) is 12.5. The highest BCUT2D eigenvalue weighted by atomic mass is 15.1. The number of fused-ring (bicyclic) bond motifs is 1. The van der Waals surface area contributed by atoms with E-state index in [2.05, 4.69) is 34.4 Å². The van der Waals surface area contributed by atoms with Crippen molar-refractivity contribution in [2.24, 2.45) is 5.92 Å². The fourth-order valence-electron chi connectivity index (χ4n) is 3.21. The molecule has 0 atom stereocenters. The SMILES string of the molecule is CCc1nc2cccnc2n1CC1CCN(CC)CC1. The first-order chi connectivity index (χ1) is 9.81. The molecule has 4 heteroatoms. The summed E-state index contributed by atoms with van der Waals surface area (Å²) in [6.07, 6.45) is 5.44. The summed E-state index contributed by atoms with van der Waals surface area (Å²) in [5, 5.41) is 0. The minimum atomic E-state index is 0.766. The molecular formula is C16H24N4. The van der Waals surface area contributed by atoms with Crippen molar-refractivity contribution >= 4 is 11.2 Å². The molecule has 0 saturated carbocycles. The lowest BCUT2D eigenvalue weighted by Gasteiger charge is -2.31. The summed E-state index contributed by atoms with van der Waals surface area (Å²) >= 11 is 0. The zero-order chi connectivity index (χ0) is 13.9. The number of aryl methyl sites for hydroxylation is 1. The maximum absolute atomic E-state index is 4.72. The molecule has 1 saturated heterocycles. The Labute approximate surface area is 120 Å². The standard InChI is InChI=1S/C16H24N4/c1-3-15-18-14-6-5-9-17-16(14)20(15)12-13-7-10-19(4-2)11-8-13/h5-6,9,13H,3-4,7-8,10-12H2,1-2H3. The van der Waals surface area contributed by atoms with Gasteiger partial charge in [0.25, 0.3) is 0 Å². The molecule has 2 aromatic rings. The van der Waals surface area contributed by atoms with Gasteiger partial charge < -0.3 is 9.47 Å². The molecule has 1 aliphatic heterocycles. The van der Waals surface area contributed by atoms with Gasteiger partial charge in [-0.15, -0.1) is 0 Å². The van der Waals surface area contributed by atoms with Gasteiger partial charge in [0.15, 0.2) is 5.65 Å². The highest BCUT2D eigenvalue weighted by Gasteiger charge is 2.20. The first kappa shape index (κ1) is 13.6. The summed E-state index contributed by atoms with van der Waals surface area (Å²) < 4.78 is 2.35. The van der Waals surface area contributed by atoms with Crippen LogP contribution in [0.3, 0.4) is 0 Å². The van der Waals surface area contributed by atoms with Crippen LogP contribution in [0.25, 0.3) is 11.2 Å². The van der Waals surface area contributed by atoms with Gasteiger partial charge >= 0.3 is 0 Å². The molecular weight excluding hydrogens is 248 g/mol. The van der Waals surface area contributed by atoms with Crippen LogP contribution in [-0.2, 0) is 13.0 Å². The Morgan fingerprint density at radius 1 is 1.25 bits per heavy atom. The lowest BCUT2D eigenvalue weighted by Crippen LogP contribution is -2.34. The van der Waals surface area contributed by atoms with Crippen molar-refractivity contribution in [3.8, 4) is 0 Å². The van der Waals surface area contributed by atoms with E-state index in [-0.39, 0.29) is 0 Å². The van der Waals surface area contributed by atoms with Gasteiger partial charge in [-0.05, 0) is 50.5 Å². The second-order valence-electron chi connectivity index (χ2n) is 5.72. The molecule has 0 radical (unpaired) electrons. The fourth-order valence-corrected chi connectivity index (χ4v) is 3.21. The summed E-state index contributed by atoms with van der Waals surface area (Å²) in [5.41, 5.74) is 2.10. The molecule has 108 valence electrons. The van der Waals surface area contributed by atoms with E-state index in [0.29, 0.717) is 0 Å². The molecule has 20 heavy (non-hydrogen) atoms. The van der Waals surface area contributed by atoms with Crippen LogP contribution in [0.4, 0.5) is 0 Å². The number of piperidine rings is 1. The molecule has 0 bridgehead atoms. The highest BCUT2D eigenvalue weighted by molar-refractivity contribution is 5.71. The first-order valence-corrected chi connectivity index (χ1v) is 7.84. The Balaban J connectivity index is 1.80. The van der Waals surface area contributed by atoms with Gasteiger partial charge in [0.1, 0.15) is 11.3 Å². The Bertz CT molecular complexity index is 567. The summed E-state index contributed by atoms with van der Waals surface area (Å²) in [5.74, 6) is 1.94. The molecule has 0 N–H and O–H groups in total. The van der Waals surface area contributed by atoms with Crippen LogP contribution in [-0.4, -0.2) is 39.1 Å². The summed E-state index contributed by atoms with van der Waals surface area (Å²) in [4.78, 5) is 11.8. The lowest BCUT2D eigenvalue weighted by atomic mass is 9.96. The number of imidazole rings is 1. The highest BCUT2D eigenvalue weighted by Crippen LogP contribution is 2.22. The molecule has 0 aliphatic carbocycles. The van der Waals surface area contributed by atoms with Crippen molar-refractivity contribution < 1.29 is 0 Å². The summed E-state index contributed by atoms with van der Waals surface area (Å²) in [7, 11) is 0. The van der Waals surface area contributed by atoms with Crippen molar-refractivity contribution in [1.82, 2.24) is 19.4 Å². The Kier molecular flexibility index (Phi) is 4.01. The number of likely N-dealkylation sites (tertiary alicyclic amines) is 1. The fraction of sp³-hybridized carbons (Fsp3) is 0.625. The Hall–Kier alpha value is -1.42. The Morgan fingerprint density at radius 2 is 2.05 bits per heavy atom. The molecule has 0 unspecified atom stereocenters. The molecule has 0 aromatic carbocycles. The zero-order valence-electron chi connectivity index (χ0n) is 12.5. The van der Waals surface area contributed by atoms with E-state index in [4.69, 9.17) is 4.98 Å². The molecule has 3 rings (SSSR count). The molecule has 1 fully saturated rings. The average molecular weight is 272 g/mol. The smallest absolute Gasteiger partial charge is 0.159 e. The van der Waals surface area contributed by atoms with Crippen molar-refractivity contribution in [1.29, 1.82) is 0 Å². The number of nitrogens with zero attached hydrogens (tertiary/aromatic N) is 4. The number of rotatable bonds is 4. The topological polar surface area (TPSA) is 34.0 Å². The number of pyridine rings is 1. The number of aromatic nitrogens is 3. The summed E-state index contributed by atoms with van der Waals surface area (Å²) in [6.45, 7) is 9.17. The van der Waals surface area contributed by atoms with E-state index in [0.717, 1.165) is 30.0 Å². The third-order valence-electron chi connectivity index (χ3n) is 4.49. The van der Waals surface area contributed by atoms with Gasteiger partial charge in [-0.25, -0.2) is 9.97 Å². The van der Waals surface area contributed by atoms with E-state index >= 15 is 0 Å². The maximum atomic E-state index is 4.72. The normalized spacial score (nSPS) is 17.9. The third-order valence-corrected chi connectivity index (χ3v) is 4.49. The van der Waals surface area contributed by atoms with Crippen molar-refractivity contribution in [3.05, 3.63) is 24.2 Å². The van der Waals surface area contributed by atoms with Crippen LogP contribution >= 0.6 is 0 Å². The van der Waals surface area contributed by atoms with E-state index in [9.17, 15) is 0 Å². The quantitative estimate of drug-likeness (QED) is 0.858. The minimum Gasteiger partial charge on any atom is -0.312 e. The monoisotopic (exact) mass is 272 g/mol. The predicted molar refractivity (Wildman–Crippen MR) is 81.7 cm³/mol. The van der Waals surface area contributed by atoms with E-state index in [1.807, 2.05) is 12.3 Å². The number of hydrogen-bond donors (Lipinski definition) is 0. The predicted octanol–water partition coefficient (Wildman–Crippen LogP) is 2.73. The first-order valence-electron chi connectivity index (χ1n) is 7.84. The average Bonchev–Trinajstić information content (AvgIpc) is 2.86. The van der Waals surface area contributed by atoms with Gasteiger partial charge in [-0.3, -0.25) is 0 Å². The van der Waals surface area contributed by atoms with Gasteiger partial charge in [0, 0.05) is 19.2 Å². The minimum absolute atomic E-state index is 0.766. The van der Waals surface area contributed by atoms with E-state index in [1.165, 1.54) is 38.3 Å². The van der Waals surface area contributed by atoms with Gasteiger partial charge in [-0.2, -0.15) is 0 Å². The lowest BCUT2D eigenvalue weighted by molar-refractivity contribution is 0.181. The Morgan fingerprint density at radius 3 is 2.75 bits per heavy atom. The van der Waals surface area contributed by atoms with Gasteiger partial charge in [0.05, 0.1) is 0 Å². The largest absolute Gasteiger partial charge is 0.312 e. The van der Waals surface area contributed by atoms with E-state index in [1.54, 1.807) is 0 Å². The van der Waals surface area contributed by atoms with E-state index < -0.39 is 0 Å². The molecule has 2 aromatic heterocycles. The van der Waals surface area contributed by atoms with Crippen molar-refractivity contribution in [2.45, 2.75) is 39.7 Å². The van der Waals surface area contributed by atoms with Gasteiger partial charge in [-0.1, -0.05) is 13.8 Å². The van der Waals surface area contributed by atoms with Crippen molar-refractivity contribution in [3.63, 3.8) is 0 Å². The van der Waals surface area contributed by atoms with Crippen LogP contribution in [0.15, 0.2) is 18.3 Å². The molecule has 4 nitrogen and oxygen atoms in total. The maximum Gasteiger partial charge on any atom is 0.159 e. The van der Waals surface area contributed by atoms with Crippen LogP contribution in [0.1, 0.15) is 32.5 Å². The number of hydrogen-bond acceptors (Lipinski definition) is 3. The van der Waals surface area contributed by atoms with Crippen LogP contribution in [0.2, 0.25) is 0 Å². The molecule has 0 amide bonds. The molecule has 1 aliphatic rings.